The van der Waals surface area contributed by atoms with Gasteiger partial charge in [0.15, 0.2) is 0 Å². The predicted octanol–water partition coefficient (Wildman–Crippen LogP) is 3.42. The third-order valence-electron chi connectivity index (χ3n) is 5.37. The van der Waals surface area contributed by atoms with Gasteiger partial charge in [0.05, 0.1) is 11.7 Å². The fourth-order valence-electron chi connectivity index (χ4n) is 3.81. The molecule has 5 rings (SSSR count). The highest BCUT2D eigenvalue weighted by Crippen LogP contribution is 2.29. The zero-order chi connectivity index (χ0) is 23.7. The van der Waals surface area contributed by atoms with Crippen molar-refractivity contribution >= 4 is 29.3 Å². The minimum Gasteiger partial charge on any atom is -0.458 e. The quantitative estimate of drug-likeness (QED) is 0.621. The van der Waals surface area contributed by atoms with Crippen LogP contribution in [0.25, 0.3) is 0 Å². The highest BCUT2D eigenvalue weighted by Gasteiger charge is 2.30. The summed E-state index contributed by atoms with van der Waals surface area (Å²) < 4.78 is 11.8. The standard InChI is InChI=1S/C26H18N2O6/c29-23-11-12-24(30)27(23)17-7-9-19(10-8-17)33-21-5-2-6-22(16-21)34-20-4-1-3-18(15-20)28-25(31)13-14-26(28)32/h1-2,4-16,18H,3H2. The van der Waals surface area contributed by atoms with E-state index in [0.717, 1.165) is 4.90 Å². The van der Waals surface area contributed by atoms with E-state index in [1.807, 2.05) is 6.08 Å². The van der Waals surface area contributed by atoms with Gasteiger partial charge in [-0.3, -0.25) is 24.1 Å². The van der Waals surface area contributed by atoms with E-state index in [2.05, 4.69) is 0 Å². The summed E-state index contributed by atoms with van der Waals surface area (Å²) in [6, 6.07) is 13.2. The Morgan fingerprint density at radius 3 is 1.97 bits per heavy atom. The molecule has 2 aliphatic heterocycles. The van der Waals surface area contributed by atoms with Gasteiger partial charge in [-0.2, -0.15) is 0 Å². The van der Waals surface area contributed by atoms with Gasteiger partial charge in [0.25, 0.3) is 23.6 Å². The summed E-state index contributed by atoms with van der Waals surface area (Å²) in [6.45, 7) is 0. The summed E-state index contributed by atoms with van der Waals surface area (Å²) in [7, 11) is 0. The number of hydrogen-bond acceptors (Lipinski definition) is 6. The molecule has 2 heterocycles. The van der Waals surface area contributed by atoms with E-state index < -0.39 is 6.04 Å². The van der Waals surface area contributed by atoms with E-state index in [9.17, 15) is 19.2 Å². The van der Waals surface area contributed by atoms with Crippen molar-refractivity contribution in [3.63, 3.8) is 0 Å². The van der Waals surface area contributed by atoms with E-state index in [-0.39, 0.29) is 23.6 Å². The van der Waals surface area contributed by atoms with Crippen LogP contribution in [0.4, 0.5) is 5.69 Å². The summed E-state index contributed by atoms with van der Waals surface area (Å²) in [5, 5.41) is 0. The van der Waals surface area contributed by atoms with E-state index in [1.54, 1.807) is 60.7 Å². The molecule has 0 saturated heterocycles. The normalized spacial score (nSPS) is 19.3. The third kappa shape index (κ3) is 4.16. The summed E-state index contributed by atoms with van der Waals surface area (Å²) in [6.07, 6.45) is 10.9. The molecule has 0 aromatic heterocycles. The number of imide groups is 2. The number of hydrogen-bond donors (Lipinski definition) is 0. The first-order valence-corrected chi connectivity index (χ1v) is 10.5. The molecule has 4 amide bonds. The topological polar surface area (TPSA) is 93.2 Å². The number of carbonyl (C=O) groups is 4. The van der Waals surface area contributed by atoms with Gasteiger partial charge >= 0.3 is 0 Å². The van der Waals surface area contributed by atoms with Gasteiger partial charge in [-0.05, 0) is 55.0 Å². The van der Waals surface area contributed by atoms with Crippen molar-refractivity contribution in [2.45, 2.75) is 12.5 Å². The summed E-state index contributed by atoms with van der Waals surface area (Å²) >= 11 is 0. The van der Waals surface area contributed by atoms with Crippen molar-refractivity contribution in [2.24, 2.45) is 0 Å². The largest absolute Gasteiger partial charge is 0.458 e. The van der Waals surface area contributed by atoms with Gasteiger partial charge in [-0.1, -0.05) is 12.1 Å². The van der Waals surface area contributed by atoms with Gasteiger partial charge in [-0.25, -0.2) is 4.90 Å². The van der Waals surface area contributed by atoms with Gasteiger partial charge < -0.3 is 9.47 Å². The van der Waals surface area contributed by atoms with Crippen LogP contribution >= 0.6 is 0 Å². The molecule has 1 atom stereocenters. The van der Waals surface area contributed by atoms with E-state index in [4.69, 9.17) is 9.47 Å². The molecule has 1 aliphatic carbocycles. The fourth-order valence-corrected chi connectivity index (χ4v) is 3.81. The van der Waals surface area contributed by atoms with Crippen LogP contribution < -0.4 is 14.4 Å². The van der Waals surface area contributed by atoms with E-state index >= 15 is 0 Å². The fraction of sp³-hybridized carbons (Fsp3) is 0.0769. The minimum atomic E-state index is -0.405. The smallest absolute Gasteiger partial charge is 0.258 e. The molecule has 0 saturated carbocycles. The third-order valence-corrected chi connectivity index (χ3v) is 5.37. The molecule has 0 bridgehead atoms. The maximum atomic E-state index is 12.0. The molecule has 34 heavy (non-hydrogen) atoms. The molecule has 3 aliphatic rings. The summed E-state index contributed by atoms with van der Waals surface area (Å²) in [4.78, 5) is 49.8. The Morgan fingerprint density at radius 1 is 0.676 bits per heavy atom. The molecular weight excluding hydrogens is 436 g/mol. The van der Waals surface area contributed by atoms with Crippen LogP contribution in [-0.2, 0) is 19.2 Å². The van der Waals surface area contributed by atoms with E-state index in [0.29, 0.717) is 35.1 Å². The second kappa shape index (κ2) is 8.67. The van der Waals surface area contributed by atoms with Gasteiger partial charge in [0.1, 0.15) is 23.0 Å². The zero-order valence-electron chi connectivity index (χ0n) is 17.8. The molecule has 2 aromatic rings. The van der Waals surface area contributed by atoms with Crippen LogP contribution in [0.1, 0.15) is 6.42 Å². The Hall–Kier alpha value is -4.72. The van der Waals surface area contributed by atoms with Crippen LogP contribution in [0.5, 0.6) is 17.2 Å². The van der Waals surface area contributed by atoms with Gasteiger partial charge in [0.2, 0.25) is 0 Å². The maximum absolute atomic E-state index is 12.0. The number of carbonyl (C=O) groups excluding carboxylic acids is 4. The number of rotatable bonds is 6. The summed E-state index contributed by atoms with van der Waals surface area (Å²) in [5.41, 5.74) is 0.458. The molecule has 168 valence electrons. The lowest BCUT2D eigenvalue weighted by atomic mass is 10.1. The predicted molar refractivity (Wildman–Crippen MR) is 122 cm³/mol. The zero-order valence-corrected chi connectivity index (χ0v) is 17.8. The van der Waals surface area contributed by atoms with Crippen molar-refractivity contribution in [1.29, 1.82) is 0 Å². The molecule has 2 aromatic carbocycles. The first kappa shape index (κ1) is 21.1. The Bertz CT molecular complexity index is 1280. The van der Waals surface area contributed by atoms with Crippen LogP contribution in [-0.4, -0.2) is 34.6 Å². The molecule has 8 nitrogen and oxygen atoms in total. The number of amides is 4. The van der Waals surface area contributed by atoms with Crippen LogP contribution in [0, 0.1) is 0 Å². The van der Waals surface area contributed by atoms with Crippen LogP contribution in [0.15, 0.2) is 96.8 Å². The van der Waals surface area contributed by atoms with Gasteiger partial charge in [-0.15, -0.1) is 0 Å². The average Bonchev–Trinajstić information content (AvgIpc) is 3.34. The Kier molecular flexibility index (Phi) is 5.39. The second-order valence-corrected chi connectivity index (χ2v) is 7.67. The highest BCUT2D eigenvalue weighted by atomic mass is 16.5. The molecule has 0 fully saturated rings. The Balaban J connectivity index is 1.26. The van der Waals surface area contributed by atoms with Crippen molar-refractivity contribution in [1.82, 2.24) is 4.90 Å². The van der Waals surface area contributed by atoms with Crippen LogP contribution in [0.3, 0.4) is 0 Å². The van der Waals surface area contributed by atoms with Crippen molar-refractivity contribution in [3.05, 3.63) is 96.8 Å². The van der Waals surface area contributed by atoms with Crippen molar-refractivity contribution in [3.8, 4) is 17.2 Å². The lowest BCUT2D eigenvalue weighted by Gasteiger charge is -2.25. The number of allylic oxidation sites excluding steroid dienone is 1. The van der Waals surface area contributed by atoms with Crippen molar-refractivity contribution < 1.29 is 28.7 Å². The van der Waals surface area contributed by atoms with Gasteiger partial charge in [0, 0.05) is 30.4 Å². The first-order valence-electron chi connectivity index (χ1n) is 10.5. The highest BCUT2D eigenvalue weighted by molar-refractivity contribution is 6.28. The molecule has 0 N–H and O–H groups in total. The second-order valence-electron chi connectivity index (χ2n) is 7.67. The Morgan fingerprint density at radius 2 is 1.29 bits per heavy atom. The monoisotopic (exact) mass is 454 g/mol. The van der Waals surface area contributed by atoms with E-state index in [1.165, 1.54) is 29.2 Å². The molecule has 1 unspecified atom stereocenters. The average molecular weight is 454 g/mol. The molecule has 0 radical (unpaired) electrons. The maximum Gasteiger partial charge on any atom is 0.258 e. The number of anilines is 1. The molecule has 8 heteroatoms. The molecular formula is C26H18N2O6. The SMILES string of the molecule is O=C1C=CC(=O)N1c1ccc(Oc2cccc(OC3=CC(N4C(=O)C=CC4=O)CC=C3)c2)cc1. The van der Waals surface area contributed by atoms with Crippen LogP contribution in [0.2, 0.25) is 0 Å². The first-order chi connectivity index (χ1) is 16.5. The van der Waals surface area contributed by atoms with Crippen molar-refractivity contribution in [2.75, 3.05) is 4.90 Å². The lowest BCUT2D eigenvalue weighted by molar-refractivity contribution is -0.138. The number of benzene rings is 2. The minimum absolute atomic E-state index is 0.336. The Labute approximate surface area is 194 Å². The molecule has 0 spiro atoms. The summed E-state index contributed by atoms with van der Waals surface area (Å²) in [5.74, 6) is 0.628. The lowest BCUT2D eigenvalue weighted by Crippen LogP contribution is -2.39. The number of ether oxygens (including phenoxy) is 2. The number of nitrogens with zero attached hydrogens (tertiary/aromatic N) is 2.